The molecule has 4 N–H and O–H groups in total. The third kappa shape index (κ3) is 3.28. The molecule has 0 saturated heterocycles. The van der Waals surface area contributed by atoms with E-state index in [2.05, 4.69) is 22.4 Å². The maximum atomic E-state index is 12.0. The number of carbonyl (C=O) groups excluding carboxylic acids is 1. The second-order valence-corrected chi connectivity index (χ2v) is 4.52. The van der Waals surface area contributed by atoms with Crippen LogP contribution in [0.3, 0.4) is 0 Å². The lowest BCUT2D eigenvalue weighted by Gasteiger charge is -2.13. The Morgan fingerprint density at radius 1 is 1.55 bits per heavy atom. The van der Waals surface area contributed by atoms with Gasteiger partial charge in [-0.3, -0.25) is 9.89 Å². The molecule has 2 rings (SSSR count). The highest BCUT2D eigenvalue weighted by molar-refractivity contribution is 6.07. The van der Waals surface area contributed by atoms with Gasteiger partial charge in [0, 0.05) is 11.8 Å². The number of carbonyl (C=O) groups is 1. The van der Waals surface area contributed by atoms with Gasteiger partial charge in [0.05, 0.1) is 12.3 Å². The molecule has 6 heteroatoms. The molecule has 1 unspecified atom stereocenters. The lowest BCUT2D eigenvalue weighted by Crippen LogP contribution is -2.13. The number of nitrogen functional groups attached to an aromatic ring is 1. The summed E-state index contributed by atoms with van der Waals surface area (Å²) in [6, 6.07) is 7.25. The van der Waals surface area contributed by atoms with E-state index in [9.17, 15) is 4.79 Å². The lowest BCUT2D eigenvalue weighted by molar-refractivity contribution is 0.102. The normalized spacial score (nSPS) is 11.9. The number of aromatic amines is 1. The number of hydrogen-bond donors (Lipinski definition) is 3. The Bertz CT molecular complexity index is 594. The molecule has 1 aromatic carbocycles. The number of benzene rings is 1. The van der Waals surface area contributed by atoms with Gasteiger partial charge in [-0.15, -0.1) is 0 Å². The van der Waals surface area contributed by atoms with E-state index in [0.717, 1.165) is 12.2 Å². The Balaban J connectivity index is 2.08. The molecule has 0 bridgehead atoms. The fourth-order valence-corrected chi connectivity index (χ4v) is 1.64. The zero-order valence-electron chi connectivity index (χ0n) is 11.5. The van der Waals surface area contributed by atoms with Crippen molar-refractivity contribution in [1.29, 1.82) is 0 Å². The number of H-pyrrole nitrogens is 1. The number of anilines is 2. The van der Waals surface area contributed by atoms with Crippen molar-refractivity contribution in [3.63, 3.8) is 0 Å². The molecular formula is C14H18N4O2. The van der Waals surface area contributed by atoms with E-state index in [1.165, 1.54) is 6.20 Å². The average molecular weight is 274 g/mol. The molecule has 1 heterocycles. The summed E-state index contributed by atoms with van der Waals surface area (Å²) >= 11 is 0. The van der Waals surface area contributed by atoms with Crippen LogP contribution in [0.25, 0.3) is 0 Å². The predicted molar refractivity (Wildman–Crippen MR) is 77.8 cm³/mol. The number of aromatic nitrogens is 2. The Morgan fingerprint density at radius 3 is 3.00 bits per heavy atom. The number of rotatable bonds is 5. The third-order valence-corrected chi connectivity index (χ3v) is 2.92. The van der Waals surface area contributed by atoms with Gasteiger partial charge in [-0.1, -0.05) is 13.0 Å². The average Bonchev–Trinajstić information content (AvgIpc) is 2.85. The van der Waals surface area contributed by atoms with Crippen LogP contribution < -0.4 is 15.8 Å². The largest absolute Gasteiger partial charge is 0.491 e. The van der Waals surface area contributed by atoms with Crippen molar-refractivity contribution in [3.8, 4) is 5.75 Å². The molecule has 0 aliphatic heterocycles. The van der Waals surface area contributed by atoms with Crippen molar-refractivity contribution in [2.24, 2.45) is 0 Å². The van der Waals surface area contributed by atoms with E-state index in [0.29, 0.717) is 11.3 Å². The SMILES string of the molecule is CCC(C)Oc1cccc(NC(=O)c2cn[nH]c2N)c1. The Hall–Kier alpha value is -2.50. The standard InChI is InChI=1S/C14H18N4O2/c1-3-9(2)20-11-6-4-5-10(7-11)17-14(19)12-8-16-18-13(12)15/h4-9H,3H2,1-2H3,(H,17,19)(H3,15,16,18). The molecule has 0 aliphatic rings. The third-order valence-electron chi connectivity index (χ3n) is 2.92. The number of hydrogen-bond acceptors (Lipinski definition) is 4. The van der Waals surface area contributed by atoms with Gasteiger partial charge in [-0.05, 0) is 25.5 Å². The molecular weight excluding hydrogens is 256 g/mol. The number of nitrogens with zero attached hydrogens (tertiary/aromatic N) is 1. The molecule has 2 aromatic rings. The molecule has 6 nitrogen and oxygen atoms in total. The minimum atomic E-state index is -0.308. The van der Waals surface area contributed by atoms with Gasteiger partial charge in [-0.2, -0.15) is 5.10 Å². The Morgan fingerprint density at radius 2 is 2.35 bits per heavy atom. The second-order valence-electron chi connectivity index (χ2n) is 4.52. The van der Waals surface area contributed by atoms with Crippen molar-refractivity contribution in [2.45, 2.75) is 26.4 Å². The van der Waals surface area contributed by atoms with Crippen LogP contribution in [0.4, 0.5) is 11.5 Å². The van der Waals surface area contributed by atoms with E-state index >= 15 is 0 Å². The first-order valence-electron chi connectivity index (χ1n) is 6.47. The molecule has 1 aromatic heterocycles. The van der Waals surface area contributed by atoms with Crippen LogP contribution >= 0.6 is 0 Å². The zero-order valence-corrected chi connectivity index (χ0v) is 11.5. The van der Waals surface area contributed by atoms with Crippen LogP contribution in [0, 0.1) is 0 Å². The van der Waals surface area contributed by atoms with Crippen LogP contribution in [0.5, 0.6) is 5.75 Å². The van der Waals surface area contributed by atoms with E-state index in [4.69, 9.17) is 10.5 Å². The molecule has 1 amide bonds. The zero-order chi connectivity index (χ0) is 14.5. The first kappa shape index (κ1) is 13.9. The number of amides is 1. The van der Waals surface area contributed by atoms with Gasteiger partial charge >= 0.3 is 0 Å². The molecule has 0 saturated carbocycles. The van der Waals surface area contributed by atoms with E-state index in [1.54, 1.807) is 12.1 Å². The summed E-state index contributed by atoms with van der Waals surface area (Å²) in [7, 11) is 0. The predicted octanol–water partition coefficient (Wildman–Crippen LogP) is 2.42. The molecule has 0 fully saturated rings. The molecule has 106 valence electrons. The van der Waals surface area contributed by atoms with Crippen molar-refractivity contribution in [2.75, 3.05) is 11.1 Å². The summed E-state index contributed by atoms with van der Waals surface area (Å²) in [5, 5.41) is 9.00. The van der Waals surface area contributed by atoms with Gasteiger partial charge < -0.3 is 15.8 Å². The lowest BCUT2D eigenvalue weighted by atomic mass is 10.2. The summed E-state index contributed by atoms with van der Waals surface area (Å²) in [5.41, 5.74) is 6.57. The highest BCUT2D eigenvalue weighted by Gasteiger charge is 2.12. The summed E-state index contributed by atoms with van der Waals surface area (Å²) < 4.78 is 5.71. The van der Waals surface area contributed by atoms with Crippen molar-refractivity contribution in [3.05, 3.63) is 36.0 Å². The van der Waals surface area contributed by atoms with Crippen LogP contribution in [0.2, 0.25) is 0 Å². The fraction of sp³-hybridized carbons (Fsp3) is 0.286. The number of ether oxygens (including phenoxy) is 1. The van der Waals surface area contributed by atoms with Gasteiger partial charge in [0.25, 0.3) is 5.91 Å². The van der Waals surface area contributed by atoms with Gasteiger partial charge in [0.2, 0.25) is 0 Å². The minimum absolute atomic E-state index is 0.130. The van der Waals surface area contributed by atoms with Crippen LogP contribution in [-0.4, -0.2) is 22.2 Å². The maximum absolute atomic E-state index is 12.0. The quantitative estimate of drug-likeness (QED) is 0.780. The van der Waals surface area contributed by atoms with Crippen molar-refractivity contribution >= 4 is 17.4 Å². The molecule has 20 heavy (non-hydrogen) atoms. The first-order chi connectivity index (χ1) is 9.60. The highest BCUT2D eigenvalue weighted by atomic mass is 16.5. The highest BCUT2D eigenvalue weighted by Crippen LogP contribution is 2.20. The molecule has 0 radical (unpaired) electrons. The van der Waals surface area contributed by atoms with Crippen LogP contribution in [0.1, 0.15) is 30.6 Å². The summed E-state index contributed by atoms with van der Waals surface area (Å²) in [4.78, 5) is 12.0. The molecule has 0 aliphatic carbocycles. The number of nitrogens with one attached hydrogen (secondary N) is 2. The Kier molecular flexibility index (Phi) is 4.24. The summed E-state index contributed by atoms with van der Waals surface area (Å²) in [6.45, 7) is 4.05. The van der Waals surface area contributed by atoms with E-state index < -0.39 is 0 Å². The monoisotopic (exact) mass is 274 g/mol. The van der Waals surface area contributed by atoms with Gasteiger partial charge in [0.15, 0.2) is 0 Å². The molecule has 1 atom stereocenters. The van der Waals surface area contributed by atoms with Crippen molar-refractivity contribution < 1.29 is 9.53 Å². The van der Waals surface area contributed by atoms with Crippen molar-refractivity contribution in [1.82, 2.24) is 10.2 Å². The minimum Gasteiger partial charge on any atom is -0.491 e. The van der Waals surface area contributed by atoms with E-state index in [-0.39, 0.29) is 17.8 Å². The smallest absolute Gasteiger partial charge is 0.261 e. The summed E-state index contributed by atoms with van der Waals surface area (Å²) in [6.07, 6.45) is 2.44. The van der Waals surface area contributed by atoms with Gasteiger partial charge in [-0.25, -0.2) is 0 Å². The fourth-order valence-electron chi connectivity index (χ4n) is 1.64. The van der Waals surface area contributed by atoms with Crippen LogP contribution in [-0.2, 0) is 0 Å². The Labute approximate surface area is 117 Å². The topological polar surface area (TPSA) is 93.0 Å². The second kappa shape index (κ2) is 6.10. The number of nitrogens with two attached hydrogens (primary N) is 1. The first-order valence-corrected chi connectivity index (χ1v) is 6.47. The summed E-state index contributed by atoms with van der Waals surface area (Å²) in [5.74, 6) is 0.656. The molecule has 0 spiro atoms. The maximum Gasteiger partial charge on any atom is 0.261 e. The van der Waals surface area contributed by atoms with Crippen LogP contribution in [0.15, 0.2) is 30.5 Å². The van der Waals surface area contributed by atoms with E-state index in [1.807, 2.05) is 19.1 Å². The van der Waals surface area contributed by atoms with Gasteiger partial charge in [0.1, 0.15) is 17.1 Å².